The maximum Gasteiger partial charge on any atom is 0.236 e. The van der Waals surface area contributed by atoms with Gasteiger partial charge in [-0.25, -0.2) is 4.98 Å². The van der Waals surface area contributed by atoms with Gasteiger partial charge in [0.1, 0.15) is 5.75 Å². The molecule has 1 fully saturated rings. The van der Waals surface area contributed by atoms with Gasteiger partial charge in [0.2, 0.25) is 11.8 Å². The molecule has 0 radical (unpaired) electrons. The summed E-state index contributed by atoms with van der Waals surface area (Å²) >= 11 is 2.75. The Hall–Kier alpha value is -2.06. The van der Waals surface area contributed by atoms with Crippen LogP contribution in [-0.4, -0.2) is 52.9 Å². The second-order valence-electron chi connectivity index (χ2n) is 7.78. The fourth-order valence-corrected chi connectivity index (χ4v) is 5.15. The standard InChI is InChI=1S/C22H29N3O3S2/c1-4-28-18-7-5-17(6-8-18)19-12-30-22(23-19)24-20(26)13-29-14-21(27)25-10-15(2)9-16(3)11-25/h5-8,12,15-16H,4,9-11,13-14H2,1-3H3,(H,23,24,26). The molecule has 2 atom stereocenters. The van der Waals surface area contributed by atoms with E-state index in [1.165, 1.54) is 29.5 Å². The summed E-state index contributed by atoms with van der Waals surface area (Å²) in [7, 11) is 0. The Bertz CT molecular complexity index is 844. The Morgan fingerprint density at radius 1 is 1.20 bits per heavy atom. The lowest BCUT2D eigenvalue weighted by Gasteiger charge is -2.35. The van der Waals surface area contributed by atoms with Crippen molar-refractivity contribution in [1.29, 1.82) is 0 Å². The molecular formula is C22H29N3O3S2. The number of nitrogens with zero attached hydrogens (tertiary/aromatic N) is 2. The van der Waals surface area contributed by atoms with E-state index in [1.807, 2.05) is 41.5 Å². The lowest BCUT2D eigenvalue weighted by molar-refractivity contribution is -0.130. The van der Waals surface area contributed by atoms with Crippen molar-refractivity contribution in [2.75, 3.05) is 36.5 Å². The minimum Gasteiger partial charge on any atom is -0.494 e. The highest BCUT2D eigenvalue weighted by Gasteiger charge is 2.25. The number of thioether (sulfide) groups is 1. The van der Waals surface area contributed by atoms with Gasteiger partial charge < -0.3 is 15.0 Å². The smallest absolute Gasteiger partial charge is 0.236 e. The number of hydrogen-bond donors (Lipinski definition) is 1. The molecule has 0 bridgehead atoms. The van der Waals surface area contributed by atoms with E-state index in [4.69, 9.17) is 4.74 Å². The summed E-state index contributed by atoms with van der Waals surface area (Å²) in [4.78, 5) is 31.1. The fourth-order valence-electron chi connectivity index (χ4n) is 3.70. The van der Waals surface area contributed by atoms with Crippen molar-refractivity contribution in [1.82, 2.24) is 9.88 Å². The number of hydrogen-bond acceptors (Lipinski definition) is 6. The second-order valence-corrected chi connectivity index (χ2v) is 9.62. The first-order valence-electron chi connectivity index (χ1n) is 10.3. The summed E-state index contributed by atoms with van der Waals surface area (Å²) in [5.41, 5.74) is 1.79. The first-order valence-corrected chi connectivity index (χ1v) is 12.3. The topological polar surface area (TPSA) is 71.5 Å². The molecule has 1 aromatic heterocycles. The molecule has 8 heteroatoms. The maximum absolute atomic E-state index is 12.4. The van der Waals surface area contributed by atoms with E-state index in [9.17, 15) is 9.59 Å². The molecular weight excluding hydrogens is 418 g/mol. The minimum atomic E-state index is -0.138. The van der Waals surface area contributed by atoms with Crippen LogP contribution in [0.1, 0.15) is 27.2 Å². The molecule has 0 spiro atoms. The van der Waals surface area contributed by atoms with Gasteiger partial charge in [-0.05, 0) is 49.4 Å². The molecule has 1 aliphatic heterocycles. The van der Waals surface area contributed by atoms with Crippen LogP contribution in [0.2, 0.25) is 0 Å². The fraction of sp³-hybridized carbons (Fsp3) is 0.500. The molecule has 3 rings (SSSR count). The van der Waals surface area contributed by atoms with Crippen LogP contribution in [0, 0.1) is 11.8 Å². The first-order chi connectivity index (χ1) is 14.4. The van der Waals surface area contributed by atoms with Gasteiger partial charge in [0.05, 0.1) is 23.8 Å². The molecule has 1 aliphatic rings. The number of thiazole rings is 1. The van der Waals surface area contributed by atoms with Gasteiger partial charge in [-0.2, -0.15) is 0 Å². The highest BCUT2D eigenvalue weighted by Crippen LogP contribution is 2.27. The third kappa shape index (κ3) is 6.47. The molecule has 2 aromatic rings. The number of piperidine rings is 1. The summed E-state index contributed by atoms with van der Waals surface area (Å²) in [5, 5.41) is 5.31. The lowest BCUT2D eigenvalue weighted by atomic mass is 9.92. The number of carbonyl (C=O) groups excluding carboxylic acids is 2. The SMILES string of the molecule is CCOc1ccc(-c2csc(NC(=O)CSCC(=O)N3CC(C)CC(C)C3)n2)cc1. The van der Waals surface area contributed by atoms with Crippen LogP contribution in [0.4, 0.5) is 5.13 Å². The van der Waals surface area contributed by atoms with Crippen molar-refractivity contribution >= 4 is 40.0 Å². The zero-order chi connectivity index (χ0) is 21.5. The van der Waals surface area contributed by atoms with Crippen molar-refractivity contribution in [3.8, 4) is 17.0 Å². The quantitative estimate of drug-likeness (QED) is 0.650. The van der Waals surface area contributed by atoms with Crippen LogP contribution in [0.3, 0.4) is 0 Å². The van der Waals surface area contributed by atoms with Crippen LogP contribution >= 0.6 is 23.1 Å². The van der Waals surface area contributed by atoms with E-state index in [1.54, 1.807) is 0 Å². The maximum atomic E-state index is 12.4. The molecule has 0 saturated carbocycles. The van der Waals surface area contributed by atoms with E-state index in [-0.39, 0.29) is 17.6 Å². The van der Waals surface area contributed by atoms with Gasteiger partial charge in [0.25, 0.3) is 0 Å². The number of amides is 2. The molecule has 6 nitrogen and oxygen atoms in total. The van der Waals surface area contributed by atoms with Crippen molar-refractivity contribution < 1.29 is 14.3 Å². The Morgan fingerprint density at radius 3 is 2.57 bits per heavy atom. The highest BCUT2D eigenvalue weighted by molar-refractivity contribution is 8.00. The van der Waals surface area contributed by atoms with Crippen molar-refractivity contribution in [2.45, 2.75) is 27.2 Å². The molecule has 162 valence electrons. The Morgan fingerprint density at radius 2 is 1.90 bits per heavy atom. The third-order valence-corrected chi connectivity index (χ3v) is 6.57. The number of ether oxygens (including phenoxy) is 1. The molecule has 2 amide bonds. The Kier molecular flexibility index (Phi) is 8.16. The van der Waals surface area contributed by atoms with Gasteiger partial charge in [0, 0.05) is 24.0 Å². The first kappa shape index (κ1) is 22.6. The zero-order valence-electron chi connectivity index (χ0n) is 17.7. The summed E-state index contributed by atoms with van der Waals surface area (Å²) in [5.74, 6) is 2.47. The summed E-state index contributed by atoms with van der Waals surface area (Å²) in [6.45, 7) is 8.60. The number of aromatic nitrogens is 1. The summed E-state index contributed by atoms with van der Waals surface area (Å²) in [6.07, 6.45) is 1.17. The number of rotatable bonds is 8. The summed E-state index contributed by atoms with van der Waals surface area (Å²) < 4.78 is 5.45. The van der Waals surface area contributed by atoms with Crippen molar-refractivity contribution in [2.24, 2.45) is 11.8 Å². The number of anilines is 1. The monoisotopic (exact) mass is 447 g/mol. The number of likely N-dealkylation sites (tertiary alicyclic amines) is 1. The Balaban J connectivity index is 1.43. The molecule has 1 aromatic carbocycles. The summed E-state index contributed by atoms with van der Waals surface area (Å²) in [6, 6.07) is 7.73. The molecule has 1 N–H and O–H groups in total. The number of benzene rings is 1. The predicted molar refractivity (Wildman–Crippen MR) is 124 cm³/mol. The molecule has 2 heterocycles. The molecule has 30 heavy (non-hydrogen) atoms. The van der Waals surface area contributed by atoms with Gasteiger partial charge in [-0.3, -0.25) is 9.59 Å². The zero-order valence-corrected chi connectivity index (χ0v) is 19.4. The van der Waals surface area contributed by atoms with Crippen LogP contribution in [0.25, 0.3) is 11.3 Å². The highest BCUT2D eigenvalue weighted by atomic mass is 32.2. The number of nitrogens with one attached hydrogen (secondary N) is 1. The normalized spacial score (nSPS) is 18.8. The van der Waals surface area contributed by atoms with Crippen LogP contribution < -0.4 is 10.1 Å². The third-order valence-electron chi connectivity index (χ3n) is 4.89. The predicted octanol–water partition coefficient (Wildman–Crippen LogP) is 4.39. The van der Waals surface area contributed by atoms with E-state index in [2.05, 4.69) is 24.1 Å². The second kappa shape index (κ2) is 10.8. The number of carbonyl (C=O) groups is 2. The van der Waals surface area contributed by atoms with E-state index >= 15 is 0 Å². The molecule has 2 unspecified atom stereocenters. The van der Waals surface area contributed by atoms with Gasteiger partial charge in [0.15, 0.2) is 5.13 Å². The molecule has 0 aliphatic carbocycles. The van der Waals surface area contributed by atoms with E-state index in [0.717, 1.165) is 30.1 Å². The van der Waals surface area contributed by atoms with E-state index < -0.39 is 0 Å². The Labute approximate surface area is 186 Å². The average Bonchev–Trinajstić information content (AvgIpc) is 3.16. The van der Waals surface area contributed by atoms with Crippen molar-refractivity contribution in [3.05, 3.63) is 29.6 Å². The van der Waals surface area contributed by atoms with E-state index in [0.29, 0.717) is 29.3 Å². The van der Waals surface area contributed by atoms with Gasteiger partial charge >= 0.3 is 0 Å². The largest absolute Gasteiger partial charge is 0.494 e. The van der Waals surface area contributed by atoms with Crippen LogP contribution in [0.5, 0.6) is 5.75 Å². The van der Waals surface area contributed by atoms with Gasteiger partial charge in [-0.15, -0.1) is 23.1 Å². The molecule has 1 saturated heterocycles. The average molecular weight is 448 g/mol. The van der Waals surface area contributed by atoms with Crippen LogP contribution in [0.15, 0.2) is 29.6 Å². The lowest BCUT2D eigenvalue weighted by Crippen LogP contribution is -2.43. The minimum absolute atomic E-state index is 0.123. The van der Waals surface area contributed by atoms with Gasteiger partial charge in [-0.1, -0.05) is 13.8 Å². The van der Waals surface area contributed by atoms with Crippen molar-refractivity contribution in [3.63, 3.8) is 0 Å². The van der Waals surface area contributed by atoms with Crippen LogP contribution in [-0.2, 0) is 9.59 Å².